The van der Waals surface area contributed by atoms with Crippen LogP contribution in [-0.2, 0) is 19.1 Å². The van der Waals surface area contributed by atoms with Crippen molar-refractivity contribution in [2.75, 3.05) is 13.2 Å². The Morgan fingerprint density at radius 3 is 2.43 bits per heavy atom. The molecule has 1 aliphatic rings. The molecule has 0 radical (unpaired) electrons. The SMILES string of the molecule is CC1=C(C(=O)OCCN=[N+]=[N-])C(c2cccc(Cl)c2Cl)C(C(=O)OC(C)C)=C(C)N1. The number of esters is 2. The van der Waals surface area contributed by atoms with Gasteiger partial charge in [-0.3, -0.25) is 0 Å². The number of hydrogen-bond donors (Lipinski definition) is 1. The Labute approximate surface area is 184 Å². The number of nitrogens with one attached hydrogen (secondary N) is 1. The minimum absolute atomic E-state index is 0.0122. The predicted molar refractivity (Wildman–Crippen MR) is 114 cm³/mol. The number of nitrogens with zero attached hydrogens (tertiary/aromatic N) is 3. The van der Waals surface area contributed by atoms with Crippen molar-refractivity contribution < 1.29 is 19.1 Å². The molecule has 1 heterocycles. The summed E-state index contributed by atoms with van der Waals surface area (Å²) in [6.45, 7) is 6.76. The number of allylic oxidation sites excluding steroid dienone is 2. The number of dihydropyridines is 1. The van der Waals surface area contributed by atoms with Crippen molar-refractivity contribution >= 4 is 35.1 Å². The maximum atomic E-state index is 12.9. The fourth-order valence-corrected chi connectivity index (χ4v) is 3.59. The summed E-state index contributed by atoms with van der Waals surface area (Å²) in [5, 5.41) is 6.91. The van der Waals surface area contributed by atoms with Crippen molar-refractivity contribution in [3.63, 3.8) is 0 Å². The van der Waals surface area contributed by atoms with E-state index >= 15 is 0 Å². The molecular weight excluding hydrogens is 431 g/mol. The summed E-state index contributed by atoms with van der Waals surface area (Å²) >= 11 is 12.7. The maximum Gasteiger partial charge on any atom is 0.337 e. The molecule has 0 spiro atoms. The van der Waals surface area contributed by atoms with Gasteiger partial charge in [0.15, 0.2) is 0 Å². The van der Waals surface area contributed by atoms with E-state index in [0.717, 1.165) is 0 Å². The molecule has 10 heteroatoms. The number of carbonyl (C=O) groups excluding carboxylic acids is 2. The van der Waals surface area contributed by atoms with Crippen LogP contribution < -0.4 is 5.32 Å². The predicted octanol–water partition coefficient (Wildman–Crippen LogP) is 5.03. The van der Waals surface area contributed by atoms with Crippen LogP contribution in [0.1, 0.15) is 39.2 Å². The van der Waals surface area contributed by atoms with Crippen molar-refractivity contribution in [1.29, 1.82) is 0 Å². The van der Waals surface area contributed by atoms with Crippen molar-refractivity contribution in [1.82, 2.24) is 5.32 Å². The largest absolute Gasteiger partial charge is 0.462 e. The highest BCUT2D eigenvalue weighted by molar-refractivity contribution is 6.42. The van der Waals surface area contributed by atoms with Gasteiger partial charge < -0.3 is 14.8 Å². The Bertz CT molecular complexity index is 966. The number of hydrogen-bond acceptors (Lipinski definition) is 6. The lowest BCUT2D eigenvalue weighted by Gasteiger charge is -2.31. The third kappa shape index (κ3) is 5.27. The van der Waals surface area contributed by atoms with Crippen molar-refractivity contribution in [3.05, 3.63) is 66.8 Å². The molecule has 1 aliphatic heterocycles. The molecule has 1 unspecified atom stereocenters. The standard InChI is InChI=1S/C20H22Cl2N4O4/c1-10(2)30-20(28)16-12(4)25-11(3)15(19(27)29-9-8-24-26-23)17(16)13-6-5-7-14(21)18(13)22/h5-7,10,17,25H,8-9H2,1-4H3. The Morgan fingerprint density at radius 1 is 1.20 bits per heavy atom. The summed E-state index contributed by atoms with van der Waals surface area (Å²) in [6.07, 6.45) is -0.362. The number of carbonyl (C=O) groups is 2. The van der Waals surface area contributed by atoms with Crippen LogP contribution in [0.5, 0.6) is 0 Å². The molecule has 0 fully saturated rings. The smallest absolute Gasteiger partial charge is 0.337 e. The van der Waals surface area contributed by atoms with E-state index in [1.807, 2.05) is 0 Å². The highest BCUT2D eigenvalue weighted by atomic mass is 35.5. The fourth-order valence-electron chi connectivity index (χ4n) is 3.17. The fraction of sp³-hybridized carbons (Fsp3) is 0.400. The molecule has 0 amide bonds. The second-order valence-corrected chi connectivity index (χ2v) is 7.61. The van der Waals surface area contributed by atoms with E-state index in [4.69, 9.17) is 38.2 Å². The lowest BCUT2D eigenvalue weighted by molar-refractivity contribution is -0.143. The van der Waals surface area contributed by atoms with Gasteiger partial charge in [-0.15, -0.1) is 0 Å². The average molecular weight is 453 g/mol. The van der Waals surface area contributed by atoms with Crippen LogP contribution in [0, 0.1) is 0 Å². The number of halogens is 2. The molecule has 0 aliphatic carbocycles. The van der Waals surface area contributed by atoms with Gasteiger partial charge in [-0.05, 0) is 44.9 Å². The zero-order chi connectivity index (χ0) is 22.4. The Balaban J connectivity index is 2.59. The van der Waals surface area contributed by atoms with Gasteiger partial charge in [-0.1, -0.05) is 40.4 Å². The van der Waals surface area contributed by atoms with E-state index < -0.39 is 17.9 Å². The summed E-state index contributed by atoms with van der Waals surface area (Å²) in [4.78, 5) is 28.5. The van der Waals surface area contributed by atoms with Crippen LogP contribution in [0.25, 0.3) is 10.4 Å². The molecule has 30 heavy (non-hydrogen) atoms. The highest BCUT2D eigenvalue weighted by Gasteiger charge is 2.39. The first-order chi connectivity index (χ1) is 14.2. The Hall–Kier alpha value is -2.67. The van der Waals surface area contributed by atoms with Crippen LogP contribution in [0.4, 0.5) is 0 Å². The first-order valence-corrected chi connectivity index (χ1v) is 9.96. The van der Waals surface area contributed by atoms with Gasteiger partial charge in [0.25, 0.3) is 0 Å². The van der Waals surface area contributed by atoms with E-state index in [9.17, 15) is 9.59 Å². The Kier molecular flexibility index (Phi) is 8.17. The molecule has 0 saturated carbocycles. The third-order valence-corrected chi connectivity index (χ3v) is 5.16. The summed E-state index contributed by atoms with van der Waals surface area (Å²) < 4.78 is 10.7. The minimum atomic E-state index is -0.851. The summed E-state index contributed by atoms with van der Waals surface area (Å²) in [5.74, 6) is -2.10. The number of azide groups is 1. The molecule has 2 rings (SSSR count). The zero-order valence-electron chi connectivity index (χ0n) is 17.0. The van der Waals surface area contributed by atoms with Gasteiger partial charge in [0.2, 0.25) is 0 Å². The summed E-state index contributed by atoms with van der Waals surface area (Å²) in [6, 6.07) is 5.00. The van der Waals surface area contributed by atoms with Gasteiger partial charge in [0.1, 0.15) is 0 Å². The first-order valence-electron chi connectivity index (χ1n) is 9.20. The van der Waals surface area contributed by atoms with Gasteiger partial charge >= 0.3 is 11.9 Å². The van der Waals surface area contributed by atoms with Crippen molar-refractivity contribution in [2.24, 2.45) is 5.11 Å². The molecule has 1 atom stereocenters. The lowest BCUT2D eigenvalue weighted by atomic mass is 9.80. The third-order valence-electron chi connectivity index (χ3n) is 4.32. The molecular formula is C20H22Cl2N4O4. The molecule has 8 nitrogen and oxygen atoms in total. The topological polar surface area (TPSA) is 113 Å². The average Bonchev–Trinajstić information content (AvgIpc) is 2.66. The van der Waals surface area contributed by atoms with E-state index in [2.05, 4.69) is 15.3 Å². The van der Waals surface area contributed by atoms with E-state index in [1.54, 1.807) is 45.9 Å². The second-order valence-electron chi connectivity index (χ2n) is 6.82. The van der Waals surface area contributed by atoms with Gasteiger partial charge in [-0.2, -0.15) is 0 Å². The molecule has 0 bridgehead atoms. The second kappa shape index (κ2) is 10.4. The maximum absolute atomic E-state index is 12.9. The monoisotopic (exact) mass is 452 g/mol. The van der Waals surface area contributed by atoms with Crippen LogP contribution >= 0.6 is 23.2 Å². The Morgan fingerprint density at radius 2 is 1.83 bits per heavy atom. The minimum Gasteiger partial charge on any atom is -0.462 e. The lowest BCUT2D eigenvalue weighted by Crippen LogP contribution is -2.33. The molecule has 1 aromatic rings. The van der Waals surface area contributed by atoms with E-state index in [1.165, 1.54) is 0 Å². The summed E-state index contributed by atoms with van der Waals surface area (Å²) in [5.41, 5.74) is 10.3. The number of ether oxygens (including phenoxy) is 2. The van der Waals surface area contributed by atoms with Crippen LogP contribution in [-0.4, -0.2) is 31.2 Å². The first kappa shape index (κ1) is 23.6. The van der Waals surface area contributed by atoms with Crippen LogP contribution in [0.3, 0.4) is 0 Å². The molecule has 1 aromatic carbocycles. The zero-order valence-corrected chi connectivity index (χ0v) is 18.5. The quantitative estimate of drug-likeness (QED) is 0.204. The molecule has 1 N–H and O–H groups in total. The number of benzene rings is 1. The van der Waals surface area contributed by atoms with Crippen LogP contribution in [0.15, 0.2) is 45.9 Å². The van der Waals surface area contributed by atoms with Crippen molar-refractivity contribution in [3.8, 4) is 0 Å². The van der Waals surface area contributed by atoms with Gasteiger partial charge in [-0.25, -0.2) is 9.59 Å². The normalized spacial score (nSPS) is 16.2. The molecule has 0 saturated heterocycles. The molecule has 160 valence electrons. The van der Waals surface area contributed by atoms with E-state index in [0.29, 0.717) is 17.0 Å². The van der Waals surface area contributed by atoms with E-state index in [-0.39, 0.29) is 40.4 Å². The van der Waals surface area contributed by atoms with Gasteiger partial charge in [0.05, 0.1) is 46.4 Å². The molecule has 0 aromatic heterocycles. The highest BCUT2D eigenvalue weighted by Crippen LogP contribution is 2.43. The van der Waals surface area contributed by atoms with Gasteiger partial charge in [0, 0.05) is 16.3 Å². The number of rotatable bonds is 7. The summed E-state index contributed by atoms with van der Waals surface area (Å²) in [7, 11) is 0. The van der Waals surface area contributed by atoms with Crippen molar-refractivity contribution in [2.45, 2.75) is 39.7 Å². The van der Waals surface area contributed by atoms with Crippen LogP contribution in [0.2, 0.25) is 10.0 Å².